The summed E-state index contributed by atoms with van der Waals surface area (Å²) in [5, 5.41) is 7.17. The van der Waals surface area contributed by atoms with Crippen molar-refractivity contribution in [1.82, 2.24) is 20.0 Å². The van der Waals surface area contributed by atoms with Gasteiger partial charge in [0.05, 0.1) is 20.3 Å². The van der Waals surface area contributed by atoms with Crippen molar-refractivity contribution in [2.75, 3.05) is 46.5 Å². The van der Waals surface area contributed by atoms with E-state index in [4.69, 9.17) is 14.2 Å². The smallest absolute Gasteiger partial charge is 0.271 e. The fraction of sp³-hybridized carbons (Fsp3) is 0.474. The molecular weight excluding hydrogens is 348 g/mol. The van der Waals surface area contributed by atoms with Gasteiger partial charge in [-0.3, -0.25) is 9.69 Å². The molecule has 3 rings (SSSR count). The Balaban J connectivity index is 1.37. The lowest BCUT2D eigenvalue weighted by atomic mass is 10.3. The first-order valence-corrected chi connectivity index (χ1v) is 9.13. The van der Waals surface area contributed by atoms with E-state index in [9.17, 15) is 4.79 Å². The quantitative estimate of drug-likeness (QED) is 0.668. The summed E-state index contributed by atoms with van der Waals surface area (Å²) in [7, 11) is 1.62. The standard InChI is InChI=1S/C19H26N4O4/c1-25-16-3-5-17(6-4-16)27-15-23-10-7-18(21-23)19(24)20-8-2-9-22-11-13-26-14-12-22/h3-7,10H,2,8-9,11-15H2,1H3,(H,20,24). The normalized spacial score (nSPS) is 14.7. The molecule has 1 aromatic heterocycles. The van der Waals surface area contributed by atoms with Crippen LogP contribution in [0.5, 0.6) is 11.5 Å². The van der Waals surface area contributed by atoms with Gasteiger partial charge < -0.3 is 19.5 Å². The zero-order valence-corrected chi connectivity index (χ0v) is 15.6. The van der Waals surface area contributed by atoms with Gasteiger partial charge in [0.1, 0.15) is 17.2 Å². The van der Waals surface area contributed by atoms with Crippen LogP contribution in [0.1, 0.15) is 16.9 Å². The summed E-state index contributed by atoms with van der Waals surface area (Å²) >= 11 is 0. The molecule has 0 bridgehead atoms. The number of benzene rings is 1. The molecule has 1 saturated heterocycles. The minimum atomic E-state index is -0.167. The molecule has 1 aliphatic rings. The molecule has 0 radical (unpaired) electrons. The number of nitrogens with one attached hydrogen (secondary N) is 1. The van der Waals surface area contributed by atoms with Gasteiger partial charge in [-0.1, -0.05) is 0 Å². The minimum Gasteiger partial charge on any atom is -0.497 e. The third-order valence-corrected chi connectivity index (χ3v) is 4.34. The minimum absolute atomic E-state index is 0.167. The Bertz CT molecular complexity index is 711. The van der Waals surface area contributed by atoms with Gasteiger partial charge in [0.2, 0.25) is 0 Å². The molecule has 8 heteroatoms. The summed E-state index contributed by atoms with van der Waals surface area (Å²) in [5.74, 6) is 1.31. The second kappa shape index (κ2) is 9.94. The number of hydrogen-bond acceptors (Lipinski definition) is 6. The molecule has 27 heavy (non-hydrogen) atoms. The number of carbonyl (C=O) groups excluding carboxylic acids is 1. The maximum Gasteiger partial charge on any atom is 0.271 e. The van der Waals surface area contributed by atoms with Crippen LogP contribution in [0.2, 0.25) is 0 Å². The van der Waals surface area contributed by atoms with E-state index in [1.807, 2.05) is 24.3 Å². The lowest BCUT2D eigenvalue weighted by Gasteiger charge is -2.26. The zero-order chi connectivity index (χ0) is 18.9. The molecule has 1 amide bonds. The first-order valence-electron chi connectivity index (χ1n) is 9.13. The highest BCUT2D eigenvalue weighted by molar-refractivity contribution is 5.92. The Kier molecular flexibility index (Phi) is 7.06. The van der Waals surface area contributed by atoms with E-state index in [-0.39, 0.29) is 12.6 Å². The van der Waals surface area contributed by atoms with E-state index in [0.717, 1.165) is 45.0 Å². The summed E-state index contributed by atoms with van der Waals surface area (Å²) in [6.45, 7) is 5.35. The van der Waals surface area contributed by atoms with Crippen molar-refractivity contribution in [2.24, 2.45) is 0 Å². The van der Waals surface area contributed by atoms with Crippen LogP contribution in [0.3, 0.4) is 0 Å². The summed E-state index contributed by atoms with van der Waals surface area (Å²) in [5.41, 5.74) is 0.389. The molecule has 1 aliphatic heterocycles. The maximum atomic E-state index is 12.2. The van der Waals surface area contributed by atoms with E-state index in [1.54, 1.807) is 24.1 Å². The van der Waals surface area contributed by atoms with Crippen molar-refractivity contribution in [3.8, 4) is 11.5 Å². The van der Waals surface area contributed by atoms with Crippen LogP contribution in [-0.2, 0) is 11.5 Å². The average molecular weight is 374 g/mol. The highest BCUT2D eigenvalue weighted by Crippen LogP contribution is 2.17. The van der Waals surface area contributed by atoms with Gasteiger partial charge in [0.15, 0.2) is 6.73 Å². The zero-order valence-electron chi connectivity index (χ0n) is 15.6. The summed E-state index contributed by atoms with van der Waals surface area (Å²) in [6.07, 6.45) is 2.64. The summed E-state index contributed by atoms with van der Waals surface area (Å²) in [6, 6.07) is 8.99. The first-order chi connectivity index (χ1) is 13.2. The number of nitrogens with zero attached hydrogens (tertiary/aromatic N) is 3. The van der Waals surface area contributed by atoms with Crippen LogP contribution in [0, 0.1) is 0 Å². The molecule has 2 heterocycles. The fourth-order valence-corrected chi connectivity index (χ4v) is 2.79. The molecule has 1 N–H and O–H groups in total. The van der Waals surface area contributed by atoms with Crippen molar-refractivity contribution >= 4 is 5.91 Å². The molecule has 0 atom stereocenters. The van der Waals surface area contributed by atoms with Crippen LogP contribution >= 0.6 is 0 Å². The van der Waals surface area contributed by atoms with E-state index in [1.165, 1.54) is 0 Å². The Labute approximate surface area is 159 Å². The number of carbonyl (C=O) groups is 1. The van der Waals surface area contributed by atoms with Crippen molar-refractivity contribution < 1.29 is 19.0 Å². The number of morpholine rings is 1. The molecule has 1 aromatic carbocycles. The van der Waals surface area contributed by atoms with Crippen molar-refractivity contribution in [2.45, 2.75) is 13.2 Å². The van der Waals surface area contributed by atoms with E-state index in [0.29, 0.717) is 18.0 Å². The van der Waals surface area contributed by atoms with Gasteiger partial charge in [-0.2, -0.15) is 5.10 Å². The molecule has 146 valence electrons. The SMILES string of the molecule is COc1ccc(OCn2ccc(C(=O)NCCCN3CCOCC3)n2)cc1. The number of aromatic nitrogens is 2. The number of rotatable bonds is 9. The maximum absolute atomic E-state index is 12.2. The Morgan fingerprint density at radius 2 is 1.93 bits per heavy atom. The number of ether oxygens (including phenoxy) is 3. The first kappa shape index (κ1) is 19.2. The van der Waals surface area contributed by atoms with E-state index < -0.39 is 0 Å². The number of methoxy groups -OCH3 is 1. The third kappa shape index (κ3) is 5.97. The average Bonchev–Trinajstić information content (AvgIpc) is 3.20. The predicted molar refractivity (Wildman–Crippen MR) is 100 cm³/mol. The molecule has 0 aliphatic carbocycles. The van der Waals surface area contributed by atoms with Crippen LogP contribution in [0.15, 0.2) is 36.5 Å². The fourth-order valence-electron chi connectivity index (χ4n) is 2.79. The van der Waals surface area contributed by atoms with Crippen LogP contribution in [-0.4, -0.2) is 67.1 Å². The second-order valence-electron chi connectivity index (χ2n) is 6.25. The summed E-state index contributed by atoms with van der Waals surface area (Å²) < 4.78 is 17.7. The van der Waals surface area contributed by atoms with Crippen LogP contribution in [0.4, 0.5) is 0 Å². The van der Waals surface area contributed by atoms with Gasteiger partial charge >= 0.3 is 0 Å². The topological polar surface area (TPSA) is 77.9 Å². The Morgan fingerprint density at radius 3 is 2.67 bits per heavy atom. The molecule has 0 spiro atoms. The highest BCUT2D eigenvalue weighted by Gasteiger charge is 2.11. The number of amides is 1. The molecule has 0 saturated carbocycles. The largest absolute Gasteiger partial charge is 0.497 e. The predicted octanol–water partition coefficient (Wildman–Crippen LogP) is 1.38. The second-order valence-corrected chi connectivity index (χ2v) is 6.25. The number of hydrogen-bond donors (Lipinski definition) is 1. The van der Waals surface area contributed by atoms with Crippen molar-refractivity contribution in [3.05, 3.63) is 42.2 Å². The van der Waals surface area contributed by atoms with E-state index in [2.05, 4.69) is 15.3 Å². The van der Waals surface area contributed by atoms with Gasteiger partial charge in [-0.15, -0.1) is 0 Å². The Morgan fingerprint density at radius 1 is 1.19 bits per heavy atom. The van der Waals surface area contributed by atoms with Crippen molar-refractivity contribution in [3.63, 3.8) is 0 Å². The monoisotopic (exact) mass is 374 g/mol. The summed E-state index contributed by atoms with van der Waals surface area (Å²) in [4.78, 5) is 14.5. The molecular formula is C19H26N4O4. The molecule has 2 aromatic rings. The molecule has 1 fully saturated rings. The molecule has 8 nitrogen and oxygen atoms in total. The van der Waals surface area contributed by atoms with Gasteiger partial charge in [0, 0.05) is 25.8 Å². The lowest BCUT2D eigenvalue weighted by Crippen LogP contribution is -2.38. The lowest BCUT2D eigenvalue weighted by molar-refractivity contribution is 0.0374. The van der Waals surface area contributed by atoms with Crippen LogP contribution in [0.25, 0.3) is 0 Å². The molecule has 0 unspecified atom stereocenters. The van der Waals surface area contributed by atoms with Crippen LogP contribution < -0.4 is 14.8 Å². The third-order valence-electron chi connectivity index (χ3n) is 4.34. The Hall–Kier alpha value is -2.58. The van der Waals surface area contributed by atoms with Crippen molar-refractivity contribution in [1.29, 1.82) is 0 Å². The van der Waals surface area contributed by atoms with E-state index >= 15 is 0 Å². The van der Waals surface area contributed by atoms with Gasteiger partial charge in [-0.25, -0.2) is 4.68 Å². The van der Waals surface area contributed by atoms with Gasteiger partial charge in [-0.05, 0) is 43.3 Å². The van der Waals surface area contributed by atoms with Gasteiger partial charge in [0.25, 0.3) is 5.91 Å². The highest BCUT2D eigenvalue weighted by atomic mass is 16.5.